The minimum atomic E-state index is 0.0867. The van der Waals surface area contributed by atoms with E-state index in [1.807, 2.05) is 0 Å². The van der Waals surface area contributed by atoms with Gasteiger partial charge in [-0.3, -0.25) is 4.99 Å². The van der Waals surface area contributed by atoms with Crippen LogP contribution in [0.4, 0.5) is 0 Å². The highest BCUT2D eigenvalue weighted by atomic mass is 16.3. The van der Waals surface area contributed by atoms with Crippen LogP contribution in [0.1, 0.15) is 0 Å². The fraction of sp³-hybridized carbons (Fsp3) is 0.286. The van der Waals surface area contributed by atoms with Crippen molar-refractivity contribution in [1.29, 1.82) is 0 Å². The van der Waals surface area contributed by atoms with Gasteiger partial charge in [-0.05, 0) is 6.08 Å². The Kier molecular flexibility index (Phi) is 7.05. The molecule has 0 aromatic carbocycles. The zero-order valence-electron chi connectivity index (χ0n) is 5.83. The molecule has 3 heteroatoms. The molecule has 0 aliphatic heterocycles. The highest BCUT2D eigenvalue weighted by molar-refractivity contribution is 5.55. The van der Waals surface area contributed by atoms with Crippen molar-refractivity contribution in [3.05, 3.63) is 24.9 Å². The fourth-order valence-corrected chi connectivity index (χ4v) is 0.342. The van der Waals surface area contributed by atoms with E-state index in [1.165, 1.54) is 6.34 Å². The van der Waals surface area contributed by atoms with Gasteiger partial charge in [0.2, 0.25) is 0 Å². The Morgan fingerprint density at radius 3 is 3.00 bits per heavy atom. The van der Waals surface area contributed by atoms with Gasteiger partial charge in [0, 0.05) is 6.20 Å². The average Bonchev–Trinajstić information content (AvgIpc) is 1.97. The summed E-state index contributed by atoms with van der Waals surface area (Å²) in [6.07, 6.45) is 6.64. The van der Waals surface area contributed by atoms with Gasteiger partial charge >= 0.3 is 0 Å². The average molecular weight is 140 g/mol. The Labute approximate surface area is 60.8 Å². The van der Waals surface area contributed by atoms with Crippen molar-refractivity contribution >= 4 is 6.34 Å². The molecule has 0 aromatic rings. The number of aliphatic hydroxyl groups is 1. The molecular weight excluding hydrogens is 128 g/mol. The molecule has 3 nitrogen and oxygen atoms in total. The van der Waals surface area contributed by atoms with Gasteiger partial charge in [0.1, 0.15) is 0 Å². The highest BCUT2D eigenvalue weighted by Crippen LogP contribution is 1.66. The summed E-state index contributed by atoms with van der Waals surface area (Å²) in [5, 5.41) is 11.1. The van der Waals surface area contributed by atoms with Gasteiger partial charge in [0.25, 0.3) is 0 Å². The third-order valence-electron chi connectivity index (χ3n) is 0.723. The summed E-state index contributed by atoms with van der Waals surface area (Å²) in [6, 6.07) is 0. The molecule has 0 saturated heterocycles. The molecule has 0 aliphatic rings. The molecule has 0 radical (unpaired) electrons. The van der Waals surface area contributed by atoms with Gasteiger partial charge in [-0.25, -0.2) is 0 Å². The van der Waals surface area contributed by atoms with Gasteiger partial charge in [-0.1, -0.05) is 12.7 Å². The summed E-state index contributed by atoms with van der Waals surface area (Å²) < 4.78 is 0. The Balaban J connectivity index is 3.17. The van der Waals surface area contributed by atoms with E-state index >= 15 is 0 Å². The predicted octanol–water partition coefficient (Wildman–Crippen LogP) is 0.296. The lowest BCUT2D eigenvalue weighted by Crippen LogP contribution is -2.01. The van der Waals surface area contributed by atoms with E-state index in [1.54, 1.807) is 18.4 Å². The van der Waals surface area contributed by atoms with Crippen molar-refractivity contribution in [2.75, 3.05) is 13.2 Å². The SMILES string of the molecule is C=C/C=C\NC=NCCO. The van der Waals surface area contributed by atoms with E-state index in [0.29, 0.717) is 6.54 Å². The number of aliphatic imine (C=N–C) groups is 1. The second kappa shape index (κ2) is 7.91. The fourth-order valence-electron chi connectivity index (χ4n) is 0.342. The smallest absolute Gasteiger partial charge is 0.0864 e. The Bertz CT molecular complexity index is 130. The standard InChI is InChI=1S/C7H12N2O/c1-2-3-4-8-7-9-5-6-10/h2-4,7,10H,1,5-6H2,(H,8,9)/b4-3-. The van der Waals surface area contributed by atoms with E-state index < -0.39 is 0 Å². The minimum Gasteiger partial charge on any atom is -0.394 e. The van der Waals surface area contributed by atoms with Crippen molar-refractivity contribution in [2.45, 2.75) is 0 Å². The molecule has 0 fully saturated rings. The second-order valence-corrected chi connectivity index (χ2v) is 1.52. The Morgan fingerprint density at radius 2 is 2.40 bits per heavy atom. The molecule has 56 valence electrons. The molecule has 0 aliphatic carbocycles. The Morgan fingerprint density at radius 1 is 1.60 bits per heavy atom. The summed E-state index contributed by atoms with van der Waals surface area (Å²) in [7, 11) is 0. The van der Waals surface area contributed by atoms with Crippen LogP contribution in [0.5, 0.6) is 0 Å². The Hall–Kier alpha value is -1.09. The van der Waals surface area contributed by atoms with Crippen LogP contribution in [-0.4, -0.2) is 24.6 Å². The maximum Gasteiger partial charge on any atom is 0.0864 e. The van der Waals surface area contributed by atoms with E-state index in [9.17, 15) is 0 Å². The zero-order chi connectivity index (χ0) is 7.66. The first-order chi connectivity index (χ1) is 4.91. The molecular formula is C7H12N2O. The van der Waals surface area contributed by atoms with Crippen LogP contribution in [0.15, 0.2) is 29.9 Å². The van der Waals surface area contributed by atoms with E-state index in [4.69, 9.17) is 5.11 Å². The van der Waals surface area contributed by atoms with E-state index in [-0.39, 0.29) is 6.61 Å². The van der Waals surface area contributed by atoms with Gasteiger partial charge in [-0.15, -0.1) is 0 Å². The van der Waals surface area contributed by atoms with Crippen LogP contribution in [0.25, 0.3) is 0 Å². The molecule has 0 spiro atoms. The highest BCUT2D eigenvalue weighted by Gasteiger charge is 1.69. The summed E-state index contributed by atoms with van der Waals surface area (Å²) in [5.74, 6) is 0. The second-order valence-electron chi connectivity index (χ2n) is 1.52. The van der Waals surface area contributed by atoms with Gasteiger partial charge in [-0.2, -0.15) is 0 Å². The summed E-state index contributed by atoms with van der Waals surface area (Å²) in [4.78, 5) is 3.79. The quantitative estimate of drug-likeness (QED) is 0.327. The number of nitrogens with zero attached hydrogens (tertiary/aromatic N) is 1. The van der Waals surface area contributed by atoms with Crippen LogP contribution in [0.2, 0.25) is 0 Å². The van der Waals surface area contributed by atoms with Crippen molar-refractivity contribution in [3.8, 4) is 0 Å². The van der Waals surface area contributed by atoms with E-state index in [0.717, 1.165) is 0 Å². The zero-order valence-corrected chi connectivity index (χ0v) is 5.83. The van der Waals surface area contributed by atoms with Crippen LogP contribution in [-0.2, 0) is 0 Å². The molecule has 0 rings (SSSR count). The van der Waals surface area contributed by atoms with Crippen LogP contribution >= 0.6 is 0 Å². The normalized spacial score (nSPS) is 10.9. The van der Waals surface area contributed by atoms with Crippen LogP contribution < -0.4 is 5.32 Å². The van der Waals surface area contributed by atoms with Crippen LogP contribution in [0, 0.1) is 0 Å². The van der Waals surface area contributed by atoms with Gasteiger partial charge in [0.15, 0.2) is 0 Å². The monoisotopic (exact) mass is 140 g/mol. The molecule has 0 heterocycles. The molecule has 0 saturated carbocycles. The topological polar surface area (TPSA) is 44.6 Å². The first-order valence-corrected chi connectivity index (χ1v) is 3.04. The summed E-state index contributed by atoms with van der Waals surface area (Å²) in [5.41, 5.74) is 0. The van der Waals surface area contributed by atoms with Crippen molar-refractivity contribution < 1.29 is 5.11 Å². The number of allylic oxidation sites excluding steroid dienone is 2. The third-order valence-corrected chi connectivity index (χ3v) is 0.723. The first kappa shape index (κ1) is 8.91. The van der Waals surface area contributed by atoms with Crippen molar-refractivity contribution in [2.24, 2.45) is 4.99 Å². The predicted molar refractivity (Wildman–Crippen MR) is 42.9 cm³/mol. The number of nitrogens with one attached hydrogen (secondary N) is 1. The number of hydrogen-bond acceptors (Lipinski definition) is 2. The number of hydrogen-bond donors (Lipinski definition) is 2. The molecule has 0 atom stereocenters. The molecule has 10 heavy (non-hydrogen) atoms. The number of rotatable bonds is 5. The maximum absolute atomic E-state index is 8.29. The summed E-state index contributed by atoms with van der Waals surface area (Å²) in [6.45, 7) is 4.01. The molecule has 0 amide bonds. The molecule has 0 bridgehead atoms. The molecule has 0 aromatic heterocycles. The van der Waals surface area contributed by atoms with E-state index in [2.05, 4.69) is 16.9 Å². The van der Waals surface area contributed by atoms with Crippen LogP contribution in [0.3, 0.4) is 0 Å². The van der Waals surface area contributed by atoms with Gasteiger partial charge < -0.3 is 10.4 Å². The lowest BCUT2D eigenvalue weighted by molar-refractivity contribution is 0.307. The number of aliphatic hydroxyl groups excluding tert-OH is 1. The summed E-state index contributed by atoms with van der Waals surface area (Å²) >= 11 is 0. The first-order valence-electron chi connectivity index (χ1n) is 3.04. The largest absolute Gasteiger partial charge is 0.394 e. The van der Waals surface area contributed by atoms with Crippen molar-refractivity contribution in [3.63, 3.8) is 0 Å². The lowest BCUT2D eigenvalue weighted by atomic mass is 10.6. The molecule has 2 N–H and O–H groups in total. The molecule has 0 unspecified atom stereocenters. The minimum absolute atomic E-state index is 0.0867. The maximum atomic E-state index is 8.29. The van der Waals surface area contributed by atoms with Crippen molar-refractivity contribution in [1.82, 2.24) is 5.32 Å². The van der Waals surface area contributed by atoms with Gasteiger partial charge in [0.05, 0.1) is 19.5 Å². The third kappa shape index (κ3) is 6.91. The lowest BCUT2D eigenvalue weighted by Gasteiger charge is -1.86.